The summed E-state index contributed by atoms with van der Waals surface area (Å²) in [5, 5.41) is 23.4. The van der Waals surface area contributed by atoms with Gasteiger partial charge < -0.3 is 0 Å². The highest BCUT2D eigenvalue weighted by atomic mass is 35.5. The average Bonchev–Trinajstić information content (AvgIpc) is 3.52. The number of hydrogen-bond acceptors (Lipinski definition) is 5. The van der Waals surface area contributed by atoms with E-state index < -0.39 is 0 Å². The molecule has 9 nitrogen and oxygen atoms in total. The molecule has 10 heteroatoms. The molecule has 0 spiro atoms. The third kappa shape index (κ3) is 3.76. The maximum Gasteiger partial charge on any atom is 0.230 e. The van der Waals surface area contributed by atoms with Crippen molar-refractivity contribution in [2.75, 3.05) is 4.90 Å². The molecule has 0 saturated heterocycles. The Labute approximate surface area is 201 Å². The van der Waals surface area contributed by atoms with Crippen LogP contribution in [0.5, 0.6) is 0 Å². The van der Waals surface area contributed by atoms with Crippen molar-refractivity contribution in [3.8, 4) is 28.7 Å². The molecule has 1 aromatic carbocycles. The number of nitriles is 1. The molecule has 0 radical (unpaired) electrons. The van der Waals surface area contributed by atoms with Crippen molar-refractivity contribution in [2.24, 2.45) is 7.05 Å². The number of amides is 1. The van der Waals surface area contributed by atoms with Gasteiger partial charge in [-0.1, -0.05) is 35.9 Å². The molecule has 0 aliphatic carbocycles. The van der Waals surface area contributed by atoms with Gasteiger partial charge in [-0.05, 0) is 19.4 Å². The zero-order valence-corrected chi connectivity index (χ0v) is 19.9. The summed E-state index contributed by atoms with van der Waals surface area (Å²) in [6.45, 7) is 5.00. The number of hydrogen-bond donors (Lipinski definition) is 0. The van der Waals surface area contributed by atoms with Crippen molar-refractivity contribution in [1.29, 1.82) is 5.26 Å². The van der Waals surface area contributed by atoms with E-state index >= 15 is 0 Å². The van der Waals surface area contributed by atoms with Crippen LogP contribution in [0, 0.1) is 11.3 Å². The maximum absolute atomic E-state index is 12.9. The third-order valence-electron chi connectivity index (χ3n) is 5.87. The normalized spacial score (nSPS) is 13.4. The first kappa shape index (κ1) is 21.9. The van der Waals surface area contributed by atoms with E-state index in [1.54, 1.807) is 29.0 Å². The summed E-state index contributed by atoms with van der Waals surface area (Å²) < 4.78 is 5.32. The fourth-order valence-corrected chi connectivity index (χ4v) is 4.47. The highest BCUT2D eigenvalue weighted by Gasteiger charge is 2.28. The van der Waals surface area contributed by atoms with Gasteiger partial charge in [-0.25, -0.2) is 4.68 Å². The Morgan fingerprint density at radius 3 is 2.68 bits per heavy atom. The summed E-state index contributed by atoms with van der Waals surface area (Å²) in [6, 6.07) is 12.0. The van der Waals surface area contributed by atoms with Gasteiger partial charge >= 0.3 is 0 Å². The van der Waals surface area contributed by atoms with Gasteiger partial charge in [0.05, 0.1) is 29.9 Å². The van der Waals surface area contributed by atoms with Crippen molar-refractivity contribution in [3.63, 3.8) is 0 Å². The van der Waals surface area contributed by atoms with Crippen LogP contribution >= 0.6 is 11.6 Å². The van der Waals surface area contributed by atoms with Crippen molar-refractivity contribution in [3.05, 3.63) is 58.9 Å². The highest BCUT2D eigenvalue weighted by molar-refractivity contribution is 6.33. The molecule has 0 bridgehead atoms. The monoisotopic (exact) mass is 474 g/mol. The van der Waals surface area contributed by atoms with Crippen LogP contribution in [0.4, 0.5) is 5.82 Å². The van der Waals surface area contributed by atoms with E-state index in [0.29, 0.717) is 41.5 Å². The fraction of sp³-hybridized carbons (Fsp3) is 0.292. The largest absolute Gasteiger partial charge is 0.292 e. The van der Waals surface area contributed by atoms with Gasteiger partial charge in [-0.2, -0.15) is 20.6 Å². The summed E-state index contributed by atoms with van der Waals surface area (Å²) in [7, 11) is 1.79. The highest BCUT2D eigenvalue weighted by Crippen LogP contribution is 2.34. The van der Waals surface area contributed by atoms with E-state index in [4.69, 9.17) is 16.7 Å². The van der Waals surface area contributed by atoms with E-state index in [-0.39, 0.29) is 11.9 Å². The van der Waals surface area contributed by atoms with Crippen molar-refractivity contribution < 1.29 is 4.79 Å². The van der Waals surface area contributed by atoms with Crippen LogP contribution in [0.3, 0.4) is 0 Å². The molecule has 1 aliphatic heterocycles. The van der Waals surface area contributed by atoms with Gasteiger partial charge in [0.25, 0.3) is 0 Å². The predicted octanol–water partition coefficient (Wildman–Crippen LogP) is 4.19. The molecule has 0 saturated carbocycles. The molecule has 1 amide bonds. The van der Waals surface area contributed by atoms with Crippen LogP contribution in [-0.2, 0) is 24.9 Å². The van der Waals surface area contributed by atoms with E-state index in [1.807, 2.05) is 53.5 Å². The second-order valence-corrected chi connectivity index (χ2v) is 9.00. The minimum Gasteiger partial charge on any atom is -0.292 e. The van der Waals surface area contributed by atoms with Gasteiger partial charge in [0.2, 0.25) is 5.91 Å². The van der Waals surface area contributed by atoms with Crippen molar-refractivity contribution >= 4 is 23.3 Å². The number of rotatable bonds is 5. The Balaban J connectivity index is 1.45. The zero-order valence-electron chi connectivity index (χ0n) is 19.1. The van der Waals surface area contributed by atoms with Crippen molar-refractivity contribution in [2.45, 2.75) is 39.4 Å². The molecule has 1 aliphatic rings. The van der Waals surface area contributed by atoms with Crippen LogP contribution < -0.4 is 4.90 Å². The standard InChI is InChI=1S/C24H23ClN8O/c1-15(2)33-24(19(25)12-27-33)20-10-21-31(22(34)8-9-32(21)28-20)13-16-4-6-17(7-5-16)23-18(11-26)14-30(3)29-23/h4-7,10,12,14-15H,8-9,13H2,1-3H3. The Morgan fingerprint density at radius 1 is 1.21 bits per heavy atom. The second-order valence-electron chi connectivity index (χ2n) is 8.59. The van der Waals surface area contributed by atoms with Crippen LogP contribution in [-0.4, -0.2) is 35.2 Å². The Hall–Kier alpha value is -3.90. The minimum absolute atomic E-state index is 0.0444. The molecule has 3 aromatic heterocycles. The lowest BCUT2D eigenvalue weighted by molar-refractivity contribution is -0.119. The Kier molecular flexibility index (Phi) is 5.46. The Bertz CT molecular complexity index is 1420. The molecule has 0 N–H and O–H groups in total. The number of benzene rings is 1. The van der Waals surface area contributed by atoms with Crippen LogP contribution in [0.2, 0.25) is 5.02 Å². The van der Waals surface area contributed by atoms with E-state index in [1.165, 1.54) is 0 Å². The molecule has 0 unspecified atom stereocenters. The molecular formula is C24H23ClN8O. The minimum atomic E-state index is 0.0444. The summed E-state index contributed by atoms with van der Waals surface area (Å²) >= 11 is 6.43. The third-order valence-corrected chi connectivity index (χ3v) is 6.15. The quantitative estimate of drug-likeness (QED) is 0.432. The zero-order chi connectivity index (χ0) is 24.0. The molecule has 34 heavy (non-hydrogen) atoms. The number of aromatic nitrogens is 6. The van der Waals surface area contributed by atoms with E-state index in [9.17, 15) is 10.1 Å². The maximum atomic E-state index is 12.9. The molecular weight excluding hydrogens is 452 g/mol. The smallest absolute Gasteiger partial charge is 0.230 e. The number of carbonyl (C=O) groups excluding carboxylic acids is 1. The summed E-state index contributed by atoms with van der Waals surface area (Å²) in [6.07, 6.45) is 3.70. The SMILES string of the molecule is CC(C)n1ncc(Cl)c1-c1cc2n(n1)CCC(=O)N2Cc1ccc(-c2nn(C)cc2C#N)cc1. The van der Waals surface area contributed by atoms with E-state index in [0.717, 1.165) is 22.6 Å². The first-order valence-electron chi connectivity index (χ1n) is 11.0. The summed E-state index contributed by atoms with van der Waals surface area (Å²) in [5.74, 6) is 0.780. The molecule has 0 atom stereocenters. The van der Waals surface area contributed by atoms with E-state index in [2.05, 4.69) is 16.3 Å². The molecule has 172 valence electrons. The predicted molar refractivity (Wildman–Crippen MR) is 128 cm³/mol. The first-order valence-corrected chi connectivity index (χ1v) is 11.4. The number of anilines is 1. The van der Waals surface area contributed by atoms with Gasteiger partial charge in [-0.3, -0.25) is 19.1 Å². The van der Waals surface area contributed by atoms with Crippen LogP contribution in [0.15, 0.2) is 42.7 Å². The lowest BCUT2D eigenvalue weighted by Crippen LogP contribution is -2.36. The number of nitrogens with zero attached hydrogens (tertiary/aromatic N) is 8. The Morgan fingerprint density at radius 2 is 1.97 bits per heavy atom. The molecule has 4 aromatic rings. The fourth-order valence-electron chi connectivity index (χ4n) is 4.24. The molecule has 5 rings (SSSR count). The van der Waals surface area contributed by atoms with Gasteiger partial charge in [0.15, 0.2) is 0 Å². The average molecular weight is 475 g/mol. The lowest BCUT2D eigenvalue weighted by atomic mass is 10.1. The van der Waals surface area contributed by atoms with Crippen LogP contribution in [0.1, 0.15) is 37.4 Å². The molecule has 4 heterocycles. The van der Waals surface area contributed by atoms with Crippen molar-refractivity contribution in [1.82, 2.24) is 29.3 Å². The molecule has 0 fully saturated rings. The lowest BCUT2D eigenvalue weighted by Gasteiger charge is -2.27. The van der Waals surface area contributed by atoms with Crippen LogP contribution in [0.25, 0.3) is 22.6 Å². The first-order chi connectivity index (χ1) is 16.4. The summed E-state index contributed by atoms with van der Waals surface area (Å²) in [4.78, 5) is 14.6. The van der Waals surface area contributed by atoms with Gasteiger partial charge in [-0.15, -0.1) is 0 Å². The number of aryl methyl sites for hydroxylation is 2. The number of carbonyl (C=O) groups is 1. The summed E-state index contributed by atoms with van der Waals surface area (Å²) in [5.41, 5.74) is 4.44. The topological polar surface area (TPSA) is 97.6 Å². The number of fused-ring (bicyclic) bond motifs is 1. The second kappa shape index (κ2) is 8.47. The number of halogens is 1. The van der Waals surface area contributed by atoms with Gasteiger partial charge in [0.1, 0.15) is 29.0 Å². The van der Waals surface area contributed by atoms with Gasteiger partial charge in [0, 0.05) is 37.3 Å².